The van der Waals surface area contributed by atoms with Crippen molar-refractivity contribution in [2.45, 2.75) is 13.8 Å². The van der Waals surface area contributed by atoms with E-state index in [1.54, 1.807) is 6.92 Å². The molecule has 0 bridgehead atoms. The maximum Gasteiger partial charge on any atom is 0.221 e. The Morgan fingerprint density at radius 1 is 1.57 bits per heavy atom. The molecule has 0 aliphatic heterocycles. The lowest BCUT2D eigenvalue weighted by Gasteiger charge is -2.06. The molecule has 4 heteroatoms. The van der Waals surface area contributed by atoms with Gasteiger partial charge >= 0.3 is 0 Å². The third-order valence-corrected chi connectivity index (χ3v) is 1.72. The Bertz CT molecular complexity index is 421. The molecule has 0 aliphatic carbocycles. The van der Waals surface area contributed by atoms with Crippen molar-refractivity contribution in [3.63, 3.8) is 0 Å². The molecule has 0 radical (unpaired) electrons. The first kappa shape index (κ1) is 10.2. The minimum absolute atomic E-state index is 0.113. The van der Waals surface area contributed by atoms with Crippen LogP contribution < -0.4 is 5.32 Å². The van der Waals surface area contributed by atoms with E-state index in [0.717, 1.165) is 6.07 Å². The van der Waals surface area contributed by atoms with E-state index in [1.165, 1.54) is 13.0 Å². The number of amides is 1. The maximum absolute atomic E-state index is 13.2. The van der Waals surface area contributed by atoms with Crippen LogP contribution in [0.1, 0.15) is 12.5 Å². The van der Waals surface area contributed by atoms with Gasteiger partial charge in [0.1, 0.15) is 5.82 Å². The van der Waals surface area contributed by atoms with Crippen LogP contribution in [-0.2, 0) is 4.79 Å². The van der Waals surface area contributed by atoms with Crippen LogP contribution in [0.15, 0.2) is 12.1 Å². The fraction of sp³-hybridized carbons (Fsp3) is 0.200. The summed E-state index contributed by atoms with van der Waals surface area (Å²) < 4.78 is 13.2. The van der Waals surface area contributed by atoms with Gasteiger partial charge in [0.15, 0.2) is 5.69 Å². The first-order valence-electron chi connectivity index (χ1n) is 4.00. The highest BCUT2D eigenvalue weighted by Crippen LogP contribution is 2.25. The molecule has 0 heterocycles. The van der Waals surface area contributed by atoms with E-state index < -0.39 is 5.82 Å². The zero-order chi connectivity index (χ0) is 10.7. The Morgan fingerprint density at radius 2 is 2.21 bits per heavy atom. The van der Waals surface area contributed by atoms with Crippen LogP contribution >= 0.6 is 0 Å². The summed E-state index contributed by atoms with van der Waals surface area (Å²) in [4.78, 5) is 13.8. The van der Waals surface area contributed by atoms with Crippen molar-refractivity contribution in [3.05, 3.63) is 34.9 Å². The normalized spacial score (nSPS) is 9.29. The summed E-state index contributed by atoms with van der Waals surface area (Å²) in [7, 11) is 0. The van der Waals surface area contributed by atoms with E-state index in [-0.39, 0.29) is 17.3 Å². The van der Waals surface area contributed by atoms with Gasteiger partial charge in [-0.15, -0.1) is 0 Å². The second-order valence-corrected chi connectivity index (χ2v) is 2.91. The van der Waals surface area contributed by atoms with E-state index in [4.69, 9.17) is 6.57 Å². The predicted octanol–water partition coefficient (Wildman–Crippen LogP) is 2.64. The van der Waals surface area contributed by atoms with Crippen LogP contribution in [0.5, 0.6) is 0 Å². The van der Waals surface area contributed by atoms with Gasteiger partial charge in [0.25, 0.3) is 0 Å². The average Bonchev–Trinajstić information content (AvgIpc) is 2.10. The quantitative estimate of drug-likeness (QED) is 0.682. The fourth-order valence-corrected chi connectivity index (χ4v) is 1.08. The molecule has 0 aromatic heterocycles. The van der Waals surface area contributed by atoms with Gasteiger partial charge in [0.2, 0.25) is 5.91 Å². The average molecular weight is 192 g/mol. The molecular weight excluding hydrogens is 183 g/mol. The third-order valence-electron chi connectivity index (χ3n) is 1.72. The van der Waals surface area contributed by atoms with Crippen LogP contribution in [0.2, 0.25) is 0 Å². The summed E-state index contributed by atoms with van der Waals surface area (Å²) >= 11 is 0. The zero-order valence-electron chi connectivity index (χ0n) is 7.89. The van der Waals surface area contributed by atoms with Crippen LogP contribution in [0.3, 0.4) is 0 Å². The van der Waals surface area contributed by atoms with E-state index in [9.17, 15) is 9.18 Å². The smallest absolute Gasteiger partial charge is 0.221 e. The molecule has 14 heavy (non-hydrogen) atoms. The lowest BCUT2D eigenvalue weighted by Crippen LogP contribution is -2.07. The second-order valence-electron chi connectivity index (χ2n) is 2.91. The standard InChI is InChI=1S/C10H9FN2O/c1-6-4-10(13-7(2)14)8(11)5-9(6)12-3/h4-5H,1-2H3,(H,13,14). The Balaban J connectivity index is 3.16. The van der Waals surface area contributed by atoms with Crippen molar-refractivity contribution in [1.82, 2.24) is 0 Å². The molecule has 0 saturated heterocycles. The molecule has 0 spiro atoms. The Morgan fingerprint density at radius 3 is 2.71 bits per heavy atom. The van der Waals surface area contributed by atoms with Gasteiger partial charge in [-0.1, -0.05) is 0 Å². The zero-order valence-corrected chi connectivity index (χ0v) is 7.89. The van der Waals surface area contributed by atoms with Gasteiger partial charge in [-0.3, -0.25) is 4.79 Å². The number of nitrogens with one attached hydrogen (secondary N) is 1. The monoisotopic (exact) mass is 192 g/mol. The van der Waals surface area contributed by atoms with Gasteiger partial charge < -0.3 is 5.32 Å². The van der Waals surface area contributed by atoms with Crippen molar-refractivity contribution in [2.24, 2.45) is 0 Å². The number of nitrogens with zero attached hydrogens (tertiary/aromatic N) is 1. The minimum atomic E-state index is -0.586. The number of carbonyl (C=O) groups excluding carboxylic acids is 1. The van der Waals surface area contributed by atoms with Gasteiger partial charge in [0, 0.05) is 6.92 Å². The number of rotatable bonds is 1. The highest BCUT2D eigenvalue weighted by Gasteiger charge is 2.07. The highest BCUT2D eigenvalue weighted by molar-refractivity contribution is 5.89. The number of aryl methyl sites for hydroxylation is 1. The third kappa shape index (κ3) is 2.07. The number of benzene rings is 1. The van der Waals surface area contributed by atoms with Crippen LogP contribution in [0.25, 0.3) is 4.85 Å². The fourth-order valence-electron chi connectivity index (χ4n) is 1.08. The van der Waals surface area contributed by atoms with Gasteiger partial charge in [-0.05, 0) is 24.6 Å². The largest absolute Gasteiger partial charge is 0.324 e. The lowest BCUT2D eigenvalue weighted by molar-refractivity contribution is -0.114. The van der Waals surface area contributed by atoms with Crippen molar-refractivity contribution in [2.75, 3.05) is 5.32 Å². The first-order valence-corrected chi connectivity index (χ1v) is 4.00. The maximum atomic E-state index is 13.2. The number of halogens is 1. The molecule has 1 aromatic rings. The Labute approximate surface area is 81.4 Å². The summed E-state index contributed by atoms with van der Waals surface area (Å²) in [6.07, 6.45) is 0. The van der Waals surface area contributed by atoms with E-state index >= 15 is 0 Å². The highest BCUT2D eigenvalue weighted by atomic mass is 19.1. The summed E-state index contributed by atoms with van der Waals surface area (Å²) in [5.41, 5.74) is 1.02. The van der Waals surface area contributed by atoms with Crippen molar-refractivity contribution in [1.29, 1.82) is 0 Å². The van der Waals surface area contributed by atoms with Crippen molar-refractivity contribution < 1.29 is 9.18 Å². The summed E-state index contributed by atoms with van der Waals surface area (Å²) in [5.74, 6) is -0.921. The molecule has 1 amide bonds. The molecule has 72 valence electrons. The molecule has 3 nitrogen and oxygen atoms in total. The lowest BCUT2D eigenvalue weighted by atomic mass is 10.1. The SMILES string of the molecule is [C-]#[N+]c1cc(F)c(NC(C)=O)cc1C. The Hall–Kier alpha value is -1.89. The minimum Gasteiger partial charge on any atom is -0.324 e. The van der Waals surface area contributed by atoms with Gasteiger partial charge in [0.05, 0.1) is 12.3 Å². The predicted molar refractivity (Wildman–Crippen MR) is 51.7 cm³/mol. The van der Waals surface area contributed by atoms with Crippen molar-refractivity contribution >= 4 is 17.3 Å². The molecule has 0 fully saturated rings. The van der Waals surface area contributed by atoms with Crippen LogP contribution in [0, 0.1) is 19.3 Å². The topological polar surface area (TPSA) is 33.5 Å². The van der Waals surface area contributed by atoms with Crippen LogP contribution in [-0.4, -0.2) is 5.91 Å². The molecule has 1 N–H and O–H groups in total. The number of hydrogen-bond acceptors (Lipinski definition) is 1. The summed E-state index contributed by atoms with van der Waals surface area (Å²) in [6, 6.07) is 2.57. The molecule has 0 aliphatic rings. The molecule has 0 unspecified atom stereocenters. The Kier molecular flexibility index (Phi) is 2.82. The molecule has 0 atom stereocenters. The second kappa shape index (κ2) is 3.88. The molecular formula is C10H9FN2O. The summed E-state index contributed by atoms with van der Waals surface area (Å²) in [6.45, 7) is 9.76. The number of anilines is 1. The van der Waals surface area contributed by atoms with Gasteiger partial charge in [-0.2, -0.15) is 0 Å². The van der Waals surface area contributed by atoms with E-state index in [0.29, 0.717) is 5.56 Å². The number of hydrogen-bond donors (Lipinski definition) is 1. The summed E-state index contributed by atoms with van der Waals surface area (Å²) in [5, 5.41) is 2.35. The first-order chi connectivity index (χ1) is 6.54. The molecule has 0 saturated carbocycles. The van der Waals surface area contributed by atoms with Crippen LogP contribution in [0.4, 0.5) is 15.8 Å². The molecule has 1 aromatic carbocycles. The molecule has 1 rings (SSSR count). The van der Waals surface area contributed by atoms with E-state index in [1.807, 2.05) is 0 Å². The van der Waals surface area contributed by atoms with Gasteiger partial charge in [-0.25, -0.2) is 9.24 Å². The van der Waals surface area contributed by atoms with Crippen molar-refractivity contribution in [3.8, 4) is 0 Å². The number of carbonyl (C=O) groups is 1. The van der Waals surface area contributed by atoms with E-state index in [2.05, 4.69) is 10.2 Å².